The molecule has 2 amide bonds. The zero-order chi connectivity index (χ0) is 21.4. The zero-order valence-corrected chi connectivity index (χ0v) is 18.0. The number of aliphatic hydroxyl groups is 1. The standard InChI is InChI=1S/C18H32N2O7S/c1-12(21)10-18(25-5)26-11-17(3,4)15(27-18)16(24)20-7-6-14(23)19-8-9-28-13(2)22/h12,15,21H,6-11H2,1-5H3,(H,19,23)(H,20,24)/t12?,15-,18?/m0/s1. The molecule has 10 heteroatoms. The monoisotopic (exact) mass is 420 g/mol. The van der Waals surface area contributed by atoms with E-state index in [1.165, 1.54) is 14.0 Å². The number of aliphatic hydroxyl groups excluding tert-OH is 1. The second-order valence-electron chi connectivity index (χ2n) is 7.45. The number of hydrogen-bond acceptors (Lipinski definition) is 8. The highest BCUT2D eigenvalue weighted by Gasteiger charge is 2.50. The smallest absolute Gasteiger partial charge is 0.285 e. The molecule has 0 aromatic rings. The number of thioether (sulfide) groups is 1. The lowest BCUT2D eigenvalue weighted by Crippen LogP contribution is -2.59. The van der Waals surface area contributed by atoms with Crippen LogP contribution < -0.4 is 10.6 Å². The second kappa shape index (κ2) is 11.1. The molecule has 1 fully saturated rings. The molecule has 0 aromatic carbocycles. The number of hydrogen-bond donors (Lipinski definition) is 3. The first kappa shape index (κ1) is 24.8. The van der Waals surface area contributed by atoms with Gasteiger partial charge in [-0.05, 0) is 6.92 Å². The molecule has 0 aromatic heterocycles. The van der Waals surface area contributed by atoms with Crippen LogP contribution in [0.1, 0.15) is 40.5 Å². The summed E-state index contributed by atoms with van der Waals surface area (Å²) in [6.45, 7) is 7.47. The van der Waals surface area contributed by atoms with Crippen LogP contribution in [-0.2, 0) is 28.6 Å². The highest BCUT2D eigenvalue weighted by Crippen LogP contribution is 2.37. The van der Waals surface area contributed by atoms with Gasteiger partial charge in [0.2, 0.25) is 11.8 Å². The number of carbonyl (C=O) groups is 3. The van der Waals surface area contributed by atoms with E-state index < -0.39 is 23.6 Å². The Bertz CT molecular complexity index is 556. The fourth-order valence-electron chi connectivity index (χ4n) is 2.68. The summed E-state index contributed by atoms with van der Waals surface area (Å²) in [4.78, 5) is 35.2. The van der Waals surface area contributed by atoms with E-state index in [0.717, 1.165) is 11.8 Å². The van der Waals surface area contributed by atoms with Gasteiger partial charge in [0.1, 0.15) is 6.10 Å². The van der Waals surface area contributed by atoms with E-state index in [9.17, 15) is 19.5 Å². The Hall–Kier alpha value is -1.20. The van der Waals surface area contributed by atoms with Crippen LogP contribution in [0, 0.1) is 5.41 Å². The topological polar surface area (TPSA) is 123 Å². The molecule has 2 unspecified atom stereocenters. The van der Waals surface area contributed by atoms with Crippen LogP contribution in [-0.4, -0.2) is 72.8 Å². The minimum absolute atomic E-state index is 0.00307. The van der Waals surface area contributed by atoms with Gasteiger partial charge in [-0.1, -0.05) is 25.6 Å². The van der Waals surface area contributed by atoms with Crippen molar-refractivity contribution in [3.63, 3.8) is 0 Å². The van der Waals surface area contributed by atoms with Gasteiger partial charge in [-0.15, -0.1) is 0 Å². The van der Waals surface area contributed by atoms with Crippen LogP contribution in [0.5, 0.6) is 0 Å². The normalized spacial score (nSPS) is 25.0. The maximum absolute atomic E-state index is 12.6. The lowest BCUT2D eigenvalue weighted by molar-refractivity contribution is -0.429. The first-order valence-corrected chi connectivity index (χ1v) is 10.2. The number of rotatable bonds is 10. The molecule has 0 bridgehead atoms. The van der Waals surface area contributed by atoms with E-state index in [0.29, 0.717) is 12.3 Å². The number of methoxy groups -OCH3 is 1. The Balaban J connectivity index is 2.51. The van der Waals surface area contributed by atoms with Gasteiger partial charge in [-0.3, -0.25) is 14.4 Å². The fraction of sp³-hybridized carbons (Fsp3) is 0.833. The molecule has 1 heterocycles. The maximum Gasteiger partial charge on any atom is 0.285 e. The molecule has 1 rings (SSSR count). The Labute approximate surface area is 170 Å². The van der Waals surface area contributed by atoms with E-state index in [-0.39, 0.29) is 42.9 Å². The lowest BCUT2D eigenvalue weighted by Gasteiger charge is -2.46. The molecule has 9 nitrogen and oxygen atoms in total. The van der Waals surface area contributed by atoms with Crippen molar-refractivity contribution in [2.75, 3.05) is 32.6 Å². The van der Waals surface area contributed by atoms with Crippen LogP contribution >= 0.6 is 11.8 Å². The van der Waals surface area contributed by atoms with Crippen molar-refractivity contribution >= 4 is 28.7 Å². The lowest BCUT2D eigenvalue weighted by atomic mass is 9.85. The zero-order valence-electron chi connectivity index (χ0n) is 17.2. The van der Waals surface area contributed by atoms with Crippen LogP contribution in [0.2, 0.25) is 0 Å². The number of ether oxygens (including phenoxy) is 3. The summed E-state index contributed by atoms with van der Waals surface area (Å²) in [6, 6.07) is 0. The van der Waals surface area contributed by atoms with Crippen LogP contribution in [0.15, 0.2) is 0 Å². The molecule has 1 saturated heterocycles. The highest BCUT2D eigenvalue weighted by molar-refractivity contribution is 8.13. The van der Waals surface area contributed by atoms with Gasteiger partial charge in [0, 0.05) is 44.7 Å². The van der Waals surface area contributed by atoms with E-state index in [2.05, 4.69) is 10.6 Å². The van der Waals surface area contributed by atoms with Gasteiger partial charge < -0.3 is 30.0 Å². The Morgan fingerprint density at radius 1 is 1.29 bits per heavy atom. The SMILES string of the molecule is COC1(CC(C)O)OCC(C)(C)[C@H](C(=O)NCCC(=O)NCCSC(C)=O)O1. The quantitative estimate of drug-likeness (QED) is 0.434. The van der Waals surface area contributed by atoms with E-state index in [1.54, 1.807) is 6.92 Å². The number of amides is 2. The Morgan fingerprint density at radius 3 is 2.54 bits per heavy atom. The average Bonchev–Trinajstić information content (AvgIpc) is 2.59. The van der Waals surface area contributed by atoms with Gasteiger partial charge in [0.25, 0.3) is 5.97 Å². The summed E-state index contributed by atoms with van der Waals surface area (Å²) in [7, 11) is 1.39. The van der Waals surface area contributed by atoms with E-state index >= 15 is 0 Å². The predicted octanol–water partition coefficient (Wildman–Crippen LogP) is 0.401. The molecule has 3 atom stereocenters. The average molecular weight is 421 g/mol. The van der Waals surface area contributed by atoms with Crippen LogP contribution in [0.4, 0.5) is 0 Å². The van der Waals surface area contributed by atoms with Gasteiger partial charge in [-0.25, -0.2) is 0 Å². The summed E-state index contributed by atoms with van der Waals surface area (Å²) < 4.78 is 16.8. The molecule has 162 valence electrons. The van der Waals surface area contributed by atoms with Gasteiger partial charge >= 0.3 is 0 Å². The first-order chi connectivity index (χ1) is 13.0. The maximum atomic E-state index is 12.6. The minimum atomic E-state index is -1.49. The molecule has 3 N–H and O–H groups in total. The molecule has 0 aliphatic carbocycles. The highest BCUT2D eigenvalue weighted by atomic mass is 32.2. The molecule has 28 heavy (non-hydrogen) atoms. The van der Waals surface area contributed by atoms with Crippen LogP contribution in [0.25, 0.3) is 0 Å². The van der Waals surface area contributed by atoms with Crippen molar-refractivity contribution in [1.82, 2.24) is 10.6 Å². The third kappa shape index (κ3) is 8.04. The summed E-state index contributed by atoms with van der Waals surface area (Å²) >= 11 is 1.15. The third-order valence-corrected chi connectivity index (χ3v) is 4.96. The predicted molar refractivity (Wildman–Crippen MR) is 104 cm³/mol. The summed E-state index contributed by atoms with van der Waals surface area (Å²) in [5, 5.41) is 15.1. The summed E-state index contributed by atoms with van der Waals surface area (Å²) in [6.07, 6.45) is -1.43. The van der Waals surface area contributed by atoms with Crippen molar-refractivity contribution < 1.29 is 33.7 Å². The molecule has 1 aliphatic heterocycles. The van der Waals surface area contributed by atoms with Gasteiger partial charge in [-0.2, -0.15) is 0 Å². The summed E-state index contributed by atoms with van der Waals surface area (Å²) in [5.74, 6) is -1.56. The fourth-order valence-corrected chi connectivity index (χ4v) is 3.17. The van der Waals surface area contributed by atoms with Crippen molar-refractivity contribution in [3.8, 4) is 0 Å². The van der Waals surface area contributed by atoms with Crippen molar-refractivity contribution in [3.05, 3.63) is 0 Å². The molecular formula is C18H32N2O7S. The molecule has 0 radical (unpaired) electrons. The minimum Gasteiger partial charge on any atom is -0.393 e. The largest absolute Gasteiger partial charge is 0.393 e. The van der Waals surface area contributed by atoms with Crippen LogP contribution in [0.3, 0.4) is 0 Å². The van der Waals surface area contributed by atoms with Gasteiger partial charge in [0.05, 0.1) is 19.1 Å². The van der Waals surface area contributed by atoms with E-state index in [1.807, 2.05) is 13.8 Å². The Morgan fingerprint density at radius 2 is 1.96 bits per heavy atom. The molecular weight excluding hydrogens is 388 g/mol. The summed E-state index contributed by atoms with van der Waals surface area (Å²) in [5.41, 5.74) is -0.614. The molecule has 0 saturated carbocycles. The van der Waals surface area contributed by atoms with E-state index in [4.69, 9.17) is 14.2 Å². The molecule has 0 spiro atoms. The second-order valence-corrected chi connectivity index (χ2v) is 8.72. The third-order valence-electron chi connectivity index (χ3n) is 4.15. The number of carbonyl (C=O) groups excluding carboxylic acids is 3. The number of nitrogens with one attached hydrogen (secondary N) is 2. The first-order valence-electron chi connectivity index (χ1n) is 9.24. The molecule has 1 aliphatic rings. The van der Waals surface area contributed by atoms with Gasteiger partial charge in [0.15, 0.2) is 5.12 Å². The van der Waals surface area contributed by atoms with Crippen molar-refractivity contribution in [2.24, 2.45) is 5.41 Å². The van der Waals surface area contributed by atoms with Crippen molar-refractivity contribution in [2.45, 2.75) is 58.7 Å². The Kier molecular flexibility index (Phi) is 9.85. The van der Waals surface area contributed by atoms with Crippen molar-refractivity contribution in [1.29, 1.82) is 0 Å².